The van der Waals surface area contributed by atoms with Crippen molar-refractivity contribution in [2.45, 2.75) is 45.4 Å². The summed E-state index contributed by atoms with van der Waals surface area (Å²) in [4.78, 5) is 2.40. The highest BCUT2D eigenvalue weighted by molar-refractivity contribution is 5.35. The van der Waals surface area contributed by atoms with Crippen LogP contribution in [0.25, 0.3) is 0 Å². The van der Waals surface area contributed by atoms with Crippen LogP contribution < -0.4 is 5.32 Å². The Labute approximate surface area is 99.4 Å². The monoisotopic (exact) mass is 220 g/mol. The molecule has 0 bridgehead atoms. The van der Waals surface area contributed by atoms with Crippen LogP contribution in [0, 0.1) is 0 Å². The van der Waals surface area contributed by atoms with E-state index in [4.69, 9.17) is 0 Å². The molecular formula is C14H24N2. The van der Waals surface area contributed by atoms with E-state index in [1.807, 2.05) is 0 Å². The van der Waals surface area contributed by atoms with Gasteiger partial charge in [0.25, 0.3) is 0 Å². The first-order chi connectivity index (χ1) is 7.90. The van der Waals surface area contributed by atoms with Crippen LogP contribution in [0.15, 0.2) is 23.4 Å². The fraction of sp³-hybridized carbons (Fsp3) is 0.714. The first-order valence-electron chi connectivity index (χ1n) is 6.75. The maximum absolute atomic E-state index is 3.50. The first kappa shape index (κ1) is 11.7. The van der Waals surface area contributed by atoms with Crippen LogP contribution in [0.1, 0.15) is 45.4 Å². The van der Waals surface area contributed by atoms with Gasteiger partial charge in [0, 0.05) is 12.7 Å². The van der Waals surface area contributed by atoms with Crippen molar-refractivity contribution in [3.05, 3.63) is 23.4 Å². The van der Waals surface area contributed by atoms with Crippen molar-refractivity contribution in [2.24, 2.45) is 0 Å². The Morgan fingerprint density at radius 2 is 2.06 bits per heavy atom. The van der Waals surface area contributed by atoms with E-state index < -0.39 is 0 Å². The third-order valence-electron chi connectivity index (χ3n) is 3.49. The van der Waals surface area contributed by atoms with Crippen LogP contribution in [0.4, 0.5) is 0 Å². The topological polar surface area (TPSA) is 15.3 Å². The molecule has 1 saturated carbocycles. The van der Waals surface area contributed by atoms with Gasteiger partial charge in [0.05, 0.1) is 6.67 Å². The van der Waals surface area contributed by atoms with E-state index in [-0.39, 0.29) is 0 Å². The van der Waals surface area contributed by atoms with Gasteiger partial charge in [-0.15, -0.1) is 0 Å². The summed E-state index contributed by atoms with van der Waals surface area (Å²) in [5.74, 6) is 0. The minimum atomic E-state index is 1.01. The summed E-state index contributed by atoms with van der Waals surface area (Å²) in [6, 6.07) is 0. The molecular weight excluding hydrogens is 196 g/mol. The lowest BCUT2D eigenvalue weighted by atomic mass is 9.88. The molecule has 90 valence electrons. The second-order valence-corrected chi connectivity index (χ2v) is 4.87. The number of fused-ring (bicyclic) bond motifs is 1. The van der Waals surface area contributed by atoms with E-state index in [9.17, 15) is 0 Å². The van der Waals surface area contributed by atoms with Gasteiger partial charge in [-0.3, -0.25) is 5.32 Å². The van der Waals surface area contributed by atoms with Gasteiger partial charge in [0.2, 0.25) is 0 Å². The molecule has 0 spiro atoms. The summed E-state index contributed by atoms with van der Waals surface area (Å²) in [6.07, 6.45) is 12.7. The van der Waals surface area contributed by atoms with Gasteiger partial charge in [-0.2, -0.15) is 0 Å². The van der Waals surface area contributed by atoms with Gasteiger partial charge < -0.3 is 4.90 Å². The van der Waals surface area contributed by atoms with Crippen molar-refractivity contribution in [3.8, 4) is 0 Å². The predicted molar refractivity (Wildman–Crippen MR) is 69.1 cm³/mol. The SMILES string of the molecule is CCCCNCN1C=C2CCCCC2=CC1. The molecule has 0 aromatic carbocycles. The molecule has 1 heterocycles. The smallest absolute Gasteiger partial charge is 0.0680 e. The van der Waals surface area contributed by atoms with Crippen LogP contribution >= 0.6 is 0 Å². The minimum Gasteiger partial charge on any atom is -0.361 e. The molecule has 0 unspecified atom stereocenters. The van der Waals surface area contributed by atoms with Gasteiger partial charge in [-0.1, -0.05) is 19.4 Å². The van der Waals surface area contributed by atoms with Gasteiger partial charge in [0.15, 0.2) is 0 Å². The van der Waals surface area contributed by atoms with E-state index in [0.717, 1.165) is 19.8 Å². The zero-order chi connectivity index (χ0) is 11.2. The van der Waals surface area contributed by atoms with E-state index in [0.29, 0.717) is 0 Å². The molecule has 16 heavy (non-hydrogen) atoms. The summed E-state index contributed by atoms with van der Waals surface area (Å²) in [5.41, 5.74) is 3.21. The number of unbranched alkanes of at least 4 members (excludes halogenated alkanes) is 1. The Morgan fingerprint density at radius 3 is 2.88 bits per heavy atom. The average molecular weight is 220 g/mol. The Hall–Kier alpha value is -0.760. The van der Waals surface area contributed by atoms with Crippen molar-refractivity contribution in [1.29, 1.82) is 0 Å². The highest BCUT2D eigenvalue weighted by Crippen LogP contribution is 2.30. The lowest BCUT2D eigenvalue weighted by molar-refractivity contribution is 0.362. The van der Waals surface area contributed by atoms with E-state index >= 15 is 0 Å². The molecule has 1 N–H and O–H groups in total. The normalized spacial score (nSPS) is 20.2. The maximum Gasteiger partial charge on any atom is 0.0680 e. The van der Waals surface area contributed by atoms with Crippen molar-refractivity contribution in [1.82, 2.24) is 10.2 Å². The van der Waals surface area contributed by atoms with Crippen LogP contribution in [0.2, 0.25) is 0 Å². The Kier molecular flexibility index (Phi) is 4.46. The van der Waals surface area contributed by atoms with Crippen molar-refractivity contribution >= 4 is 0 Å². The molecule has 0 amide bonds. The summed E-state index contributed by atoms with van der Waals surface area (Å²) in [5, 5.41) is 3.50. The van der Waals surface area contributed by atoms with Crippen molar-refractivity contribution in [2.75, 3.05) is 19.8 Å². The minimum absolute atomic E-state index is 1.01. The molecule has 0 radical (unpaired) electrons. The predicted octanol–water partition coefficient (Wildman–Crippen LogP) is 3.03. The molecule has 1 aliphatic carbocycles. The van der Waals surface area contributed by atoms with E-state index in [2.05, 4.69) is 29.4 Å². The van der Waals surface area contributed by atoms with Crippen LogP contribution in [-0.2, 0) is 0 Å². The quantitative estimate of drug-likeness (QED) is 0.716. The third-order valence-corrected chi connectivity index (χ3v) is 3.49. The number of nitrogens with one attached hydrogen (secondary N) is 1. The Morgan fingerprint density at radius 1 is 1.25 bits per heavy atom. The maximum atomic E-state index is 3.50. The van der Waals surface area contributed by atoms with Gasteiger partial charge >= 0.3 is 0 Å². The standard InChI is InChI=1S/C14H24N2/c1-2-3-9-15-12-16-10-8-13-6-4-5-7-14(13)11-16/h8,11,15H,2-7,9-10,12H2,1H3. The average Bonchev–Trinajstić information content (AvgIpc) is 2.34. The Balaban J connectivity index is 1.77. The van der Waals surface area contributed by atoms with E-state index in [1.165, 1.54) is 38.5 Å². The lowest BCUT2D eigenvalue weighted by Gasteiger charge is -2.29. The fourth-order valence-electron chi connectivity index (χ4n) is 2.47. The van der Waals surface area contributed by atoms with Gasteiger partial charge in [-0.05, 0) is 49.8 Å². The molecule has 2 aliphatic rings. The highest BCUT2D eigenvalue weighted by Gasteiger charge is 2.16. The summed E-state index contributed by atoms with van der Waals surface area (Å²) in [6.45, 7) is 5.49. The second-order valence-electron chi connectivity index (χ2n) is 4.87. The van der Waals surface area contributed by atoms with Crippen LogP contribution in [-0.4, -0.2) is 24.7 Å². The molecule has 2 rings (SSSR count). The number of hydrogen-bond donors (Lipinski definition) is 1. The van der Waals surface area contributed by atoms with Crippen LogP contribution in [0.3, 0.4) is 0 Å². The van der Waals surface area contributed by atoms with Gasteiger partial charge in [0.1, 0.15) is 0 Å². The molecule has 0 atom stereocenters. The summed E-state index contributed by atoms with van der Waals surface area (Å²) < 4.78 is 0. The lowest BCUT2D eigenvalue weighted by Crippen LogP contribution is -2.33. The molecule has 0 aromatic heterocycles. The third kappa shape index (κ3) is 3.11. The molecule has 0 saturated heterocycles. The van der Waals surface area contributed by atoms with Crippen molar-refractivity contribution in [3.63, 3.8) is 0 Å². The van der Waals surface area contributed by atoms with Crippen LogP contribution in [0.5, 0.6) is 0 Å². The molecule has 1 aliphatic heterocycles. The number of nitrogens with zero attached hydrogens (tertiary/aromatic N) is 1. The second kappa shape index (κ2) is 6.09. The first-order valence-corrected chi connectivity index (χ1v) is 6.75. The van der Waals surface area contributed by atoms with E-state index in [1.54, 1.807) is 11.1 Å². The summed E-state index contributed by atoms with van der Waals surface area (Å²) in [7, 11) is 0. The molecule has 1 fully saturated rings. The zero-order valence-electron chi connectivity index (χ0n) is 10.5. The zero-order valence-corrected chi connectivity index (χ0v) is 10.5. The van der Waals surface area contributed by atoms with Crippen molar-refractivity contribution < 1.29 is 0 Å². The number of hydrogen-bond acceptors (Lipinski definition) is 2. The molecule has 0 aromatic rings. The highest BCUT2D eigenvalue weighted by atomic mass is 15.2. The number of rotatable bonds is 5. The van der Waals surface area contributed by atoms with Gasteiger partial charge in [-0.25, -0.2) is 0 Å². The number of allylic oxidation sites excluding steroid dienone is 2. The fourth-order valence-corrected chi connectivity index (χ4v) is 2.47. The molecule has 2 heteroatoms. The largest absolute Gasteiger partial charge is 0.361 e. The molecule has 2 nitrogen and oxygen atoms in total. The Bertz CT molecular complexity index is 278. The summed E-state index contributed by atoms with van der Waals surface area (Å²) >= 11 is 0.